The molecule has 2 unspecified atom stereocenters. The Labute approximate surface area is 107 Å². The van der Waals surface area contributed by atoms with Crippen LogP contribution in [0.4, 0.5) is 4.79 Å². The summed E-state index contributed by atoms with van der Waals surface area (Å²) in [5, 5.41) is 8.90. The highest BCUT2D eigenvalue weighted by Crippen LogP contribution is 2.11. The van der Waals surface area contributed by atoms with Gasteiger partial charge in [-0.05, 0) is 13.8 Å². The molecule has 1 rings (SSSR count). The summed E-state index contributed by atoms with van der Waals surface area (Å²) >= 11 is 0. The quantitative estimate of drug-likeness (QED) is 0.812. The standard InChI is InChI=1S/C12H22N2O4/c1-4-13(7-9(2)11(15)16)12(17)14-5-6-18-8-10(14)3/h9-10H,4-8H2,1-3H3,(H,15,16). The third-order valence-electron chi connectivity index (χ3n) is 3.18. The van der Waals surface area contributed by atoms with Gasteiger partial charge in [-0.3, -0.25) is 4.79 Å². The van der Waals surface area contributed by atoms with Crippen LogP contribution in [0, 0.1) is 5.92 Å². The van der Waals surface area contributed by atoms with Gasteiger partial charge < -0.3 is 19.6 Å². The van der Waals surface area contributed by atoms with Gasteiger partial charge in [-0.25, -0.2) is 4.79 Å². The molecule has 0 radical (unpaired) electrons. The van der Waals surface area contributed by atoms with Crippen LogP contribution in [-0.2, 0) is 9.53 Å². The molecule has 0 aromatic carbocycles. The second-order valence-corrected chi connectivity index (χ2v) is 4.68. The highest BCUT2D eigenvalue weighted by Gasteiger charge is 2.28. The van der Waals surface area contributed by atoms with Gasteiger partial charge in [0.15, 0.2) is 0 Å². The van der Waals surface area contributed by atoms with E-state index >= 15 is 0 Å². The Morgan fingerprint density at radius 3 is 2.72 bits per heavy atom. The number of rotatable bonds is 4. The SMILES string of the molecule is CCN(CC(C)C(=O)O)C(=O)N1CCOCC1C. The average Bonchev–Trinajstić information content (AvgIpc) is 2.35. The maximum atomic E-state index is 12.3. The molecule has 1 aliphatic heterocycles. The predicted octanol–water partition coefficient (Wildman–Crippen LogP) is 0.870. The van der Waals surface area contributed by atoms with Gasteiger partial charge in [-0.15, -0.1) is 0 Å². The number of carbonyl (C=O) groups is 2. The van der Waals surface area contributed by atoms with Crippen LogP contribution in [-0.4, -0.2) is 65.8 Å². The molecule has 1 saturated heterocycles. The normalized spacial score (nSPS) is 21.5. The molecule has 0 aliphatic carbocycles. The molecule has 1 N–H and O–H groups in total. The molecular weight excluding hydrogens is 236 g/mol. The number of urea groups is 1. The molecule has 0 spiro atoms. The molecular formula is C12H22N2O4. The predicted molar refractivity (Wildman–Crippen MR) is 66.4 cm³/mol. The number of hydrogen-bond acceptors (Lipinski definition) is 3. The van der Waals surface area contributed by atoms with Gasteiger partial charge in [0, 0.05) is 19.6 Å². The lowest BCUT2D eigenvalue weighted by Gasteiger charge is -2.37. The summed E-state index contributed by atoms with van der Waals surface area (Å²) in [6.07, 6.45) is 0. The van der Waals surface area contributed by atoms with Crippen LogP contribution >= 0.6 is 0 Å². The Bertz CT molecular complexity index is 308. The van der Waals surface area contributed by atoms with E-state index < -0.39 is 11.9 Å². The largest absolute Gasteiger partial charge is 0.481 e. The van der Waals surface area contributed by atoms with Crippen molar-refractivity contribution in [1.82, 2.24) is 9.80 Å². The van der Waals surface area contributed by atoms with E-state index in [1.807, 2.05) is 13.8 Å². The van der Waals surface area contributed by atoms with Crippen molar-refractivity contribution in [3.8, 4) is 0 Å². The maximum Gasteiger partial charge on any atom is 0.320 e. The lowest BCUT2D eigenvalue weighted by Crippen LogP contribution is -2.53. The van der Waals surface area contributed by atoms with E-state index in [0.29, 0.717) is 26.3 Å². The Morgan fingerprint density at radius 2 is 2.22 bits per heavy atom. The van der Waals surface area contributed by atoms with Crippen LogP contribution in [0.15, 0.2) is 0 Å². The van der Waals surface area contributed by atoms with E-state index in [-0.39, 0.29) is 18.6 Å². The van der Waals surface area contributed by atoms with Gasteiger partial charge in [0.1, 0.15) is 0 Å². The second-order valence-electron chi connectivity index (χ2n) is 4.68. The number of aliphatic carboxylic acids is 1. The Morgan fingerprint density at radius 1 is 1.56 bits per heavy atom. The third kappa shape index (κ3) is 3.60. The van der Waals surface area contributed by atoms with Gasteiger partial charge >= 0.3 is 12.0 Å². The minimum Gasteiger partial charge on any atom is -0.481 e. The van der Waals surface area contributed by atoms with Crippen LogP contribution in [0.2, 0.25) is 0 Å². The van der Waals surface area contributed by atoms with Crippen molar-refractivity contribution >= 4 is 12.0 Å². The van der Waals surface area contributed by atoms with E-state index in [4.69, 9.17) is 9.84 Å². The molecule has 1 aliphatic rings. The van der Waals surface area contributed by atoms with Crippen LogP contribution in [0.1, 0.15) is 20.8 Å². The van der Waals surface area contributed by atoms with Gasteiger partial charge in [0.05, 0.1) is 25.2 Å². The molecule has 6 heteroatoms. The van der Waals surface area contributed by atoms with Crippen LogP contribution in [0.3, 0.4) is 0 Å². The Kier molecular flexibility index (Phi) is 5.40. The number of carboxylic acids is 1. The van der Waals surface area contributed by atoms with Gasteiger partial charge in [0.2, 0.25) is 0 Å². The Balaban J connectivity index is 2.63. The van der Waals surface area contributed by atoms with Crippen molar-refractivity contribution in [3.63, 3.8) is 0 Å². The summed E-state index contributed by atoms with van der Waals surface area (Å²) in [5.74, 6) is -1.43. The number of morpholine rings is 1. The molecule has 1 heterocycles. The summed E-state index contributed by atoms with van der Waals surface area (Å²) in [5.41, 5.74) is 0. The summed E-state index contributed by atoms with van der Waals surface area (Å²) in [6, 6.07) is -0.0539. The van der Waals surface area contributed by atoms with Crippen LogP contribution in [0.5, 0.6) is 0 Å². The highest BCUT2D eigenvalue weighted by molar-refractivity contribution is 5.76. The van der Waals surface area contributed by atoms with Gasteiger partial charge in [0.25, 0.3) is 0 Å². The average molecular weight is 258 g/mol. The van der Waals surface area contributed by atoms with Crippen LogP contribution < -0.4 is 0 Å². The first-order valence-electron chi connectivity index (χ1n) is 6.33. The zero-order valence-corrected chi connectivity index (χ0v) is 11.3. The van der Waals surface area contributed by atoms with Crippen molar-refractivity contribution in [1.29, 1.82) is 0 Å². The zero-order valence-electron chi connectivity index (χ0n) is 11.3. The third-order valence-corrected chi connectivity index (χ3v) is 3.18. The summed E-state index contributed by atoms with van der Waals surface area (Å²) in [6.45, 7) is 7.82. The highest BCUT2D eigenvalue weighted by atomic mass is 16.5. The number of hydrogen-bond donors (Lipinski definition) is 1. The number of amides is 2. The fraction of sp³-hybridized carbons (Fsp3) is 0.833. The first-order chi connectivity index (χ1) is 8.47. The summed E-state index contributed by atoms with van der Waals surface area (Å²) < 4.78 is 5.29. The first-order valence-corrected chi connectivity index (χ1v) is 6.33. The number of carbonyl (C=O) groups excluding carboxylic acids is 1. The van der Waals surface area contributed by atoms with Crippen molar-refractivity contribution in [2.24, 2.45) is 5.92 Å². The molecule has 18 heavy (non-hydrogen) atoms. The fourth-order valence-corrected chi connectivity index (χ4v) is 1.94. The molecule has 2 amide bonds. The molecule has 1 fully saturated rings. The Hall–Kier alpha value is -1.30. The van der Waals surface area contributed by atoms with Gasteiger partial charge in [-0.1, -0.05) is 6.92 Å². The molecule has 104 valence electrons. The minimum atomic E-state index is -0.878. The maximum absolute atomic E-state index is 12.3. The molecule has 2 atom stereocenters. The number of carboxylic acid groups (broad SMARTS) is 1. The van der Waals surface area contributed by atoms with E-state index in [0.717, 1.165) is 0 Å². The van der Waals surface area contributed by atoms with E-state index in [2.05, 4.69) is 0 Å². The molecule has 0 aromatic rings. The van der Waals surface area contributed by atoms with E-state index in [1.54, 1.807) is 16.7 Å². The van der Waals surface area contributed by atoms with Gasteiger partial charge in [-0.2, -0.15) is 0 Å². The first kappa shape index (κ1) is 14.8. The molecule has 0 bridgehead atoms. The van der Waals surface area contributed by atoms with Crippen molar-refractivity contribution in [2.45, 2.75) is 26.8 Å². The second kappa shape index (κ2) is 6.58. The lowest BCUT2D eigenvalue weighted by atomic mass is 10.1. The lowest BCUT2D eigenvalue weighted by molar-refractivity contribution is -0.141. The van der Waals surface area contributed by atoms with E-state index in [1.165, 1.54) is 0 Å². The molecule has 6 nitrogen and oxygen atoms in total. The number of nitrogens with zero attached hydrogens (tertiary/aromatic N) is 2. The molecule has 0 saturated carbocycles. The monoisotopic (exact) mass is 258 g/mol. The smallest absolute Gasteiger partial charge is 0.320 e. The van der Waals surface area contributed by atoms with Crippen molar-refractivity contribution in [2.75, 3.05) is 32.8 Å². The van der Waals surface area contributed by atoms with Crippen molar-refractivity contribution < 1.29 is 19.4 Å². The van der Waals surface area contributed by atoms with E-state index in [9.17, 15) is 9.59 Å². The van der Waals surface area contributed by atoms with Crippen molar-refractivity contribution in [3.05, 3.63) is 0 Å². The minimum absolute atomic E-state index is 0.0421. The number of ether oxygens (including phenoxy) is 1. The fourth-order valence-electron chi connectivity index (χ4n) is 1.94. The van der Waals surface area contributed by atoms with Crippen LogP contribution in [0.25, 0.3) is 0 Å². The summed E-state index contributed by atoms with van der Waals surface area (Å²) in [7, 11) is 0. The summed E-state index contributed by atoms with van der Waals surface area (Å²) in [4.78, 5) is 26.5. The zero-order chi connectivity index (χ0) is 13.7. The molecule has 0 aromatic heterocycles. The topological polar surface area (TPSA) is 70.1 Å².